The van der Waals surface area contributed by atoms with Gasteiger partial charge in [-0.05, 0) is 12.1 Å². The summed E-state index contributed by atoms with van der Waals surface area (Å²) < 4.78 is 28.1. The lowest BCUT2D eigenvalue weighted by Gasteiger charge is -2.03. The third-order valence-corrected chi connectivity index (χ3v) is 5.41. The van der Waals surface area contributed by atoms with Crippen LogP contribution in [0.15, 0.2) is 24.3 Å². The lowest BCUT2D eigenvalue weighted by atomic mass is 9.96. The molecule has 1 aliphatic heterocycles. The number of phenolic OH excluding ortho intramolecular Hbond substituents is 2. The highest BCUT2D eigenvalue weighted by Gasteiger charge is 2.35. The van der Waals surface area contributed by atoms with Crippen LogP contribution in [-0.4, -0.2) is 32.0 Å². The molecule has 5 N–H and O–H groups in total. The lowest BCUT2D eigenvalue weighted by Crippen LogP contribution is -2.20. The summed E-state index contributed by atoms with van der Waals surface area (Å²) in [7, 11) is 0. The first-order chi connectivity index (χ1) is 13.8. The molecule has 0 bridgehead atoms. The van der Waals surface area contributed by atoms with Gasteiger partial charge in [-0.3, -0.25) is 14.9 Å². The molecule has 1 aliphatic rings. The number of H-pyrrole nitrogens is 2. The number of aromatic amines is 2. The van der Waals surface area contributed by atoms with Gasteiger partial charge in [-0.1, -0.05) is 0 Å². The van der Waals surface area contributed by atoms with Gasteiger partial charge in [0.1, 0.15) is 0 Å². The summed E-state index contributed by atoms with van der Waals surface area (Å²) in [6.07, 6.45) is 0. The number of nitrogens with one attached hydrogen (secondary N) is 3. The molecule has 0 radical (unpaired) electrons. The van der Waals surface area contributed by atoms with Crippen molar-refractivity contribution in [3.63, 3.8) is 0 Å². The van der Waals surface area contributed by atoms with Crippen molar-refractivity contribution in [3.8, 4) is 11.5 Å². The lowest BCUT2D eigenvalue weighted by molar-refractivity contribution is 0.0880. The minimum Gasteiger partial charge on any atom is -0.505 e. The van der Waals surface area contributed by atoms with E-state index in [4.69, 9.17) is 0 Å². The minimum atomic E-state index is -0.874. The molecule has 0 spiro atoms. The molecule has 7 nitrogen and oxygen atoms in total. The predicted octanol–water partition coefficient (Wildman–Crippen LogP) is 3.53. The second-order valence-corrected chi connectivity index (χ2v) is 6.98. The van der Waals surface area contributed by atoms with E-state index in [-0.39, 0.29) is 11.1 Å². The first-order valence-corrected chi connectivity index (χ1v) is 8.54. The van der Waals surface area contributed by atoms with Crippen molar-refractivity contribution in [2.45, 2.75) is 0 Å². The SMILES string of the molecule is O=C1NC(=O)c2c1c1c3cc(F)c(O)cc3[nH]c1c1[nH]c3cc(O)c(F)cc3c21. The number of hydrogen-bond donors (Lipinski definition) is 5. The van der Waals surface area contributed by atoms with E-state index < -0.39 is 34.9 Å². The van der Waals surface area contributed by atoms with Crippen LogP contribution in [0.3, 0.4) is 0 Å². The third-order valence-electron chi connectivity index (χ3n) is 5.41. The monoisotopic (exact) mass is 393 g/mol. The highest BCUT2D eigenvalue weighted by molar-refractivity contribution is 6.39. The quantitative estimate of drug-likeness (QED) is 0.259. The molecule has 0 unspecified atom stereocenters. The van der Waals surface area contributed by atoms with Crippen LogP contribution in [-0.2, 0) is 0 Å². The number of amides is 2. The highest BCUT2D eigenvalue weighted by Crippen LogP contribution is 2.43. The Morgan fingerprint density at radius 2 is 1.10 bits per heavy atom. The molecule has 2 aromatic heterocycles. The van der Waals surface area contributed by atoms with Gasteiger partial charge in [-0.25, -0.2) is 8.78 Å². The molecule has 2 amide bonds. The maximum atomic E-state index is 14.0. The van der Waals surface area contributed by atoms with Crippen molar-refractivity contribution in [1.82, 2.24) is 15.3 Å². The molecule has 3 aromatic carbocycles. The van der Waals surface area contributed by atoms with Crippen LogP contribution in [0.4, 0.5) is 8.78 Å². The smallest absolute Gasteiger partial charge is 0.259 e. The van der Waals surface area contributed by atoms with Gasteiger partial charge in [0.15, 0.2) is 23.1 Å². The van der Waals surface area contributed by atoms with Crippen molar-refractivity contribution in [1.29, 1.82) is 0 Å². The van der Waals surface area contributed by atoms with Gasteiger partial charge in [-0.2, -0.15) is 0 Å². The molecule has 0 fully saturated rings. The Balaban J connectivity index is 1.97. The van der Waals surface area contributed by atoms with E-state index in [1.165, 1.54) is 12.1 Å². The molecule has 0 atom stereocenters. The van der Waals surface area contributed by atoms with Crippen molar-refractivity contribution < 1.29 is 28.6 Å². The van der Waals surface area contributed by atoms with Crippen molar-refractivity contribution in [2.75, 3.05) is 0 Å². The normalized spacial score (nSPS) is 13.9. The molecular weight excluding hydrogens is 384 g/mol. The van der Waals surface area contributed by atoms with Gasteiger partial charge < -0.3 is 20.2 Å². The molecule has 3 heterocycles. The number of phenols is 2. The summed E-state index contributed by atoms with van der Waals surface area (Å²) >= 11 is 0. The largest absolute Gasteiger partial charge is 0.505 e. The molecule has 0 aliphatic carbocycles. The number of halogens is 2. The summed E-state index contributed by atoms with van der Waals surface area (Å²) in [4.78, 5) is 31.3. The summed E-state index contributed by atoms with van der Waals surface area (Å²) in [5.41, 5.74) is 1.58. The fourth-order valence-corrected chi connectivity index (χ4v) is 4.23. The summed E-state index contributed by atoms with van der Waals surface area (Å²) in [6, 6.07) is 4.54. The first-order valence-electron chi connectivity index (χ1n) is 8.54. The number of carbonyl (C=O) groups excluding carboxylic acids is 2. The van der Waals surface area contributed by atoms with E-state index >= 15 is 0 Å². The minimum absolute atomic E-state index is 0.0447. The average molecular weight is 393 g/mol. The van der Waals surface area contributed by atoms with Crippen molar-refractivity contribution in [3.05, 3.63) is 47.0 Å². The maximum Gasteiger partial charge on any atom is 0.259 e. The van der Waals surface area contributed by atoms with E-state index in [0.29, 0.717) is 43.6 Å². The first kappa shape index (κ1) is 15.9. The Labute approximate surface area is 158 Å². The summed E-state index contributed by atoms with van der Waals surface area (Å²) in [5.74, 6) is -4.19. The van der Waals surface area contributed by atoms with Crippen LogP contribution in [0.5, 0.6) is 11.5 Å². The zero-order chi connectivity index (χ0) is 20.2. The van der Waals surface area contributed by atoms with E-state index in [2.05, 4.69) is 15.3 Å². The van der Waals surface area contributed by atoms with Gasteiger partial charge in [0.05, 0.1) is 33.2 Å². The second kappa shape index (κ2) is 4.82. The number of fused-ring (bicyclic) bond motifs is 10. The van der Waals surface area contributed by atoms with Crippen LogP contribution in [0.25, 0.3) is 43.6 Å². The fraction of sp³-hybridized carbons (Fsp3) is 0. The molecular formula is C20H9F2N3O4. The zero-order valence-electron chi connectivity index (χ0n) is 14.3. The Morgan fingerprint density at radius 1 is 0.690 bits per heavy atom. The van der Waals surface area contributed by atoms with Crippen LogP contribution >= 0.6 is 0 Å². The van der Waals surface area contributed by atoms with E-state index in [1.807, 2.05) is 0 Å². The van der Waals surface area contributed by atoms with E-state index in [9.17, 15) is 28.6 Å². The molecule has 6 rings (SSSR count). The van der Waals surface area contributed by atoms with Crippen molar-refractivity contribution >= 4 is 55.4 Å². The number of hydrogen-bond acceptors (Lipinski definition) is 4. The van der Waals surface area contributed by atoms with Crippen LogP contribution in [0, 0.1) is 11.6 Å². The van der Waals surface area contributed by atoms with Gasteiger partial charge in [-0.15, -0.1) is 0 Å². The molecule has 142 valence electrons. The molecule has 0 saturated heterocycles. The number of benzene rings is 3. The van der Waals surface area contributed by atoms with Crippen LogP contribution in [0.1, 0.15) is 20.7 Å². The Kier molecular flexibility index (Phi) is 2.64. The van der Waals surface area contributed by atoms with Crippen LogP contribution < -0.4 is 5.32 Å². The average Bonchev–Trinajstić information content (AvgIpc) is 3.28. The Morgan fingerprint density at radius 3 is 1.52 bits per heavy atom. The second-order valence-electron chi connectivity index (χ2n) is 6.98. The number of aromatic nitrogens is 2. The number of aromatic hydroxyl groups is 2. The summed E-state index contributed by atoms with van der Waals surface area (Å²) in [6.45, 7) is 0. The van der Waals surface area contributed by atoms with Gasteiger partial charge in [0.25, 0.3) is 11.8 Å². The van der Waals surface area contributed by atoms with E-state index in [1.54, 1.807) is 0 Å². The third kappa shape index (κ3) is 1.79. The molecule has 5 aromatic rings. The fourth-order valence-electron chi connectivity index (χ4n) is 4.23. The number of carbonyl (C=O) groups is 2. The zero-order valence-corrected chi connectivity index (χ0v) is 14.3. The van der Waals surface area contributed by atoms with Gasteiger partial charge in [0.2, 0.25) is 0 Å². The summed E-state index contributed by atoms with van der Waals surface area (Å²) in [5, 5.41) is 22.9. The number of rotatable bonds is 0. The Bertz CT molecular complexity index is 1490. The van der Waals surface area contributed by atoms with Gasteiger partial charge in [0, 0.05) is 33.7 Å². The highest BCUT2D eigenvalue weighted by atomic mass is 19.1. The molecule has 0 saturated carbocycles. The molecule has 9 heteroatoms. The van der Waals surface area contributed by atoms with E-state index in [0.717, 1.165) is 12.1 Å². The maximum absolute atomic E-state index is 14.0. The molecule has 29 heavy (non-hydrogen) atoms. The van der Waals surface area contributed by atoms with Gasteiger partial charge >= 0.3 is 0 Å². The predicted molar refractivity (Wildman–Crippen MR) is 100 cm³/mol. The number of imide groups is 1. The van der Waals surface area contributed by atoms with Crippen LogP contribution in [0.2, 0.25) is 0 Å². The van der Waals surface area contributed by atoms with Crippen molar-refractivity contribution in [2.24, 2.45) is 0 Å². The standard InChI is InChI=1S/C20H9F2N3O4/c21-7-1-5-9(3-11(7)26)23-17-13(5)15-16(20(29)25-19(15)28)14-6-2-8(22)12(27)4-10(6)24-18(14)17/h1-4,23-24,26-27H,(H,25,28,29). The topological polar surface area (TPSA) is 118 Å². The Hall–Kier alpha value is -4.14.